The number of nitrogens with zero attached hydrogens (tertiary/aromatic N) is 4. The Kier molecular flexibility index (Phi) is 4.26. The van der Waals surface area contributed by atoms with Crippen molar-refractivity contribution in [3.05, 3.63) is 82.5 Å². The summed E-state index contributed by atoms with van der Waals surface area (Å²) >= 11 is 12.0. The lowest BCUT2D eigenvalue weighted by Crippen LogP contribution is -2.21. The van der Waals surface area contributed by atoms with E-state index >= 15 is 0 Å². The topological polar surface area (TPSA) is 55.6 Å². The molecule has 0 spiro atoms. The lowest BCUT2D eigenvalue weighted by atomic mass is 10.1. The van der Waals surface area contributed by atoms with Gasteiger partial charge in [0.15, 0.2) is 0 Å². The number of fused-ring (bicyclic) bond motifs is 1. The predicted molar refractivity (Wildman–Crippen MR) is 100.0 cm³/mol. The van der Waals surface area contributed by atoms with Crippen molar-refractivity contribution < 1.29 is 0 Å². The zero-order valence-corrected chi connectivity index (χ0v) is 14.5. The summed E-state index contributed by atoms with van der Waals surface area (Å²) in [5, 5.41) is 13.2. The summed E-state index contributed by atoms with van der Waals surface area (Å²) in [5.41, 5.74) is 2.73. The van der Waals surface area contributed by atoms with Gasteiger partial charge in [-0.3, -0.25) is 0 Å². The first kappa shape index (κ1) is 15.9. The maximum absolute atomic E-state index is 6.03. The molecule has 0 aliphatic heterocycles. The van der Waals surface area contributed by atoms with Crippen LogP contribution in [-0.2, 0) is 0 Å². The largest absolute Gasteiger partial charge is 0.345 e. The van der Waals surface area contributed by atoms with E-state index in [1.54, 1.807) is 12.3 Å². The van der Waals surface area contributed by atoms with Crippen molar-refractivity contribution >= 4 is 40.1 Å². The first-order valence-electron chi connectivity index (χ1n) is 7.64. The molecule has 1 N–H and O–H groups in total. The van der Waals surface area contributed by atoms with Crippen molar-refractivity contribution in [3.63, 3.8) is 0 Å². The van der Waals surface area contributed by atoms with Crippen molar-refractivity contribution in [2.75, 3.05) is 5.32 Å². The Balaban J connectivity index is 1.80. The molecule has 2 aromatic carbocycles. The van der Waals surface area contributed by atoms with E-state index in [4.69, 9.17) is 23.2 Å². The van der Waals surface area contributed by atoms with E-state index in [-0.39, 0.29) is 6.17 Å². The number of aromatic nitrogens is 4. The standard InChI is InChI=1S/C18H13Cl2N5/c19-13-7-5-12(6-8-13)18(22-17-10-9-14(20)11-21-17)25-16-4-2-1-3-15(16)23-24-25/h1-11,18H,(H,21,22)/t18-/m1/s1. The van der Waals surface area contributed by atoms with Crippen LogP contribution in [-0.4, -0.2) is 20.0 Å². The minimum atomic E-state index is -0.293. The maximum atomic E-state index is 6.03. The van der Waals surface area contributed by atoms with Crippen LogP contribution in [0.25, 0.3) is 11.0 Å². The summed E-state index contributed by atoms with van der Waals surface area (Å²) in [6.45, 7) is 0. The van der Waals surface area contributed by atoms with Crippen molar-refractivity contribution in [2.45, 2.75) is 6.17 Å². The summed E-state index contributed by atoms with van der Waals surface area (Å²) < 4.78 is 1.83. The van der Waals surface area contributed by atoms with Crippen molar-refractivity contribution in [1.29, 1.82) is 0 Å². The Morgan fingerprint density at radius 1 is 0.880 bits per heavy atom. The van der Waals surface area contributed by atoms with Gasteiger partial charge < -0.3 is 5.32 Å². The highest BCUT2D eigenvalue weighted by Gasteiger charge is 2.18. The first-order valence-corrected chi connectivity index (χ1v) is 8.40. The molecule has 0 amide bonds. The Hall–Kier alpha value is -2.63. The molecule has 0 aliphatic rings. The average molecular weight is 370 g/mol. The van der Waals surface area contributed by atoms with Crippen molar-refractivity contribution in [2.24, 2.45) is 0 Å². The molecule has 25 heavy (non-hydrogen) atoms. The van der Waals surface area contributed by atoms with Crippen LogP contribution in [0.2, 0.25) is 10.0 Å². The van der Waals surface area contributed by atoms with E-state index < -0.39 is 0 Å². The zero-order valence-electron chi connectivity index (χ0n) is 13.0. The summed E-state index contributed by atoms with van der Waals surface area (Å²) in [7, 11) is 0. The van der Waals surface area contributed by atoms with Gasteiger partial charge in [-0.1, -0.05) is 52.7 Å². The number of anilines is 1. The Morgan fingerprint density at radius 3 is 2.40 bits per heavy atom. The minimum Gasteiger partial charge on any atom is -0.345 e. The normalized spacial score (nSPS) is 12.2. The van der Waals surface area contributed by atoms with Gasteiger partial charge >= 0.3 is 0 Å². The van der Waals surface area contributed by atoms with Gasteiger partial charge in [0.05, 0.1) is 10.5 Å². The fraction of sp³-hybridized carbons (Fsp3) is 0.0556. The molecule has 5 nitrogen and oxygen atoms in total. The van der Waals surface area contributed by atoms with Crippen LogP contribution in [0.1, 0.15) is 11.7 Å². The molecule has 0 fully saturated rings. The molecule has 0 bridgehead atoms. The van der Waals surface area contributed by atoms with Crippen LogP contribution >= 0.6 is 23.2 Å². The van der Waals surface area contributed by atoms with Gasteiger partial charge in [0.1, 0.15) is 17.5 Å². The number of para-hydroxylation sites is 1. The van der Waals surface area contributed by atoms with E-state index in [1.165, 1.54) is 0 Å². The van der Waals surface area contributed by atoms with Crippen LogP contribution in [0, 0.1) is 0 Å². The second-order valence-electron chi connectivity index (χ2n) is 5.48. The van der Waals surface area contributed by atoms with E-state index in [0.717, 1.165) is 16.6 Å². The van der Waals surface area contributed by atoms with Gasteiger partial charge in [-0.2, -0.15) is 0 Å². The monoisotopic (exact) mass is 369 g/mol. The highest BCUT2D eigenvalue weighted by Crippen LogP contribution is 2.25. The number of pyridine rings is 1. The lowest BCUT2D eigenvalue weighted by Gasteiger charge is -2.20. The highest BCUT2D eigenvalue weighted by molar-refractivity contribution is 6.30. The summed E-state index contributed by atoms with van der Waals surface area (Å²) in [6, 6.07) is 19.0. The quantitative estimate of drug-likeness (QED) is 0.561. The summed E-state index contributed by atoms with van der Waals surface area (Å²) in [6.07, 6.45) is 1.31. The molecule has 0 saturated carbocycles. The summed E-state index contributed by atoms with van der Waals surface area (Å²) in [4.78, 5) is 4.32. The van der Waals surface area contributed by atoms with E-state index in [1.807, 2.05) is 59.3 Å². The van der Waals surface area contributed by atoms with Crippen LogP contribution < -0.4 is 5.32 Å². The third-order valence-electron chi connectivity index (χ3n) is 3.82. The molecule has 4 rings (SSSR count). The molecule has 0 unspecified atom stereocenters. The number of hydrogen-bond donors (Lipinski definition) is 1. The molecule has 1 atom stereocenters. The van der Waals surface area contributed by atoms with Crippen LogP contribution in [0.15, 0.2) is 66.9 Å². The lowest BCUT2D eigenvalue weighted by molar-refractivity contribution is 0.569. The minimum absolute atomic E-state index is 0.293. The second-order valence-corrected chi connectivity index (χ2v) is 6.36. The van der Waals surface area contributed by atoms with Crippen LogP contribution in [0.5, 0.6) is 0 Å². The fourth-order valence-corrected chi connectivity index (χ4v) is 2.85. The Labute approximate surface area is 154 Å². The second kappa shape index (κ2) is 6.70. The highest BCUT2D eigenvalue weighted by atomic mass is 35.5. The third-order valence-corrected chi connectivity index (χ3v) is 4.30. The van der Waals surface area contributed by atoms with Gasteiger partial charge in [-0.25, -0.2) is 9.67 Å². The smallest absolute Gasteiger partial charge is 0.150 e. The zero-order chi connectivity index (χ0) is 17.2. The van der Waals surface area contributed by atoms with E-state index in [9.17, 15) is 0 Å². The van der Waals surface area contributed by atoms with Gasteiger partial charge in [-0.15, -0.1) is 5.10 Å². The molecular formula is C18H13Cl2N5. The van der Waals surface area contributed by atoms with Crippen molar-refractivity contribution in [3.8, 4) is 0 Å². The summed E-state index contributed by atoms with van der Waals surface area (Å²) in [5.74, 6) is 0.684. The molecule has 4 aromatic rings. The average Bonchev–Trinajstić information content (AvgIpc) is 3.06. The molecular weight excluding hydrogens is 357 g/mol. The Bertz CT molecular complexity index is 996. The first-order chi connectivity index (χ1) is 12.2. The molecule has 2 heterocycles. The van der Waals surface area contributed by atoms with Gasteiger partial charge in [0.25, 0.3) is 0 Å². The number of hydrogen-bond acceptors (Lipinski definition) is 4. The van der Waals surface area contributed by atoms with Gasteiger partial charge in [0, 0.05) is 11.2 Å². The molecule has 7 heteroatoms. The molecule has 0 aliphatic carbocycles. The van der Waals surface area contributed by atoms with Crippen molar-refractivity contribution in [1.82, 2.24) is 20.0 Å². The molecule has 124 valence electrons. The fourth-order valence-electron chi connectivity index (χ4n) is 2.61. The molecule has 2 aromatic heterocycles. The number of halogens is 2. The SMILES string of the molecule is Clc1ccc([C@H](Nc2ccc(Cl)cn2)n2nnc3ccccc32)cc1. The molecule has 0 radical (unpaired) electrons. The third kappa shape index (κ3) is 3.29. The van der Waals surface area contributed by atoms with E-state index in [2.05, 4.69) is 20.6 Å². The van der Waals surface area contributed by atoms with Crippen LogP contribution in [0.3, 0.4) is 0 Å². The van der Waals surface area contributed by atoms with Crippen LogP contribution in [0.4, 0.5) is 5.82 Å². The number of benzene rings is 2. The predicted octanol–water partition coefficient (Wildman–Crippen LogP) is 4.79. The molecule has 0 saturated heterocycles. The number of rotatable bonds is 4. The van der Waals surface area contributed by atoms with Gasteiger partial charge in [0.2, 0.25) is 0 Å². The van der Waals surface area contributed by atoms with Gasteiger partial charge in [-0.05, 0) is 42.0 Å². The maximum Gasteiger partial charge on any atom is 0.150 e. The number of nitrogens with one attached hydrogen (secondary N) is 1. The Morgan fingerprint density at radius 2 is 1.64 bits per heavy atom. The van der Waals surface area contributed by atoms with E-state index in [0.29, 0.717) is 15.9 Å².